The summed E-state index contributed by atoms with van der Waals surface area (Å²) in [5.41, 5.74) is 1.58. The van der Waals surface area contributed by atoms with Crippen LogP contribution >= 0.6 is 0 Å². The summed E-state index contributed by atoms with van der Waals surface area (Å²) < 4.78 is 10.5. The highest BCUT2D eigenvalue weighted by atomic mass is 16.5. The number of rotatable bonds is 7. The number of carbonyl (C=O) groups excluding carboxylic acids is 2. The number of piperidine rings is 1. The minimum Gasteiger partial charge on any atom is -0.493 e. The van der Waals surface area contributed by atoms with Crippen molar-refractivity contribution in [3.8, 4) is 11.5 Å². The minimum absolute atomic E-state index is 0.131. The predicted molar refractivity (Wildman–Crippen MR) is 111 cm³/mol. The Bertz CT molecular complexity index is 830. The van der Waals surface area contributed by atoms with E-state index in [1.807, 2.05) is 35.2 Å². The van der Waals surface area contributed by atoms with Gasteiger partial charge in [0.2, 0.25) is 5.91 Å². The van der Waals surface area contributed by atoms with E-state index in [0.29, 0.717) is 35.9 Å². The molecule has 3 rings (SSSR count). The molecule has 2 amide bonds. The summed E-state index contributed by atoms with van der Waals surface area (Å²) in [5.74, 6) is 1.54. The number of nitrogens with one attached hydrogen (secondary N) is 1. The van der Waals surface area contributed by atoms with Crippen LogP contribution in [0.3, 0.4) is 0 Å². The third kappa shape index (κ3) is 5.50. The predicted octanol–water partition coefficient (Wildman–Crippen LogP) is 2.91. The molecule has 1 aliphatic rings. The first-order valence-electron chi connectivity index (χ1n) is 9.92. The Kier molecular flexibility index (Phi) is 7.11. The van der Waals surface area contributed by atoms with E-state index in [1.165, 1.54) is 0 Å². The van der Waals surface area contributed by atoms with Crippen LogP contribution in [-0.2, 0) is 11.2 Å². The highest BCUT2D eigenvalue weighted by molar-refractivity contribution is 5.94. The summed E-state index contributed by atoms with van der Waals surface area (Å²) in [5, 5.41) is 3.00. The monoisotopic (exact) mass is 396 g/mol. The standard InChI is InChI=1S/C23H28N2O4/c1-28-20-9-8-19(15-21(20)29-2)23(27)24-16-18-10-12-25(13-11-18)22(26)14-17-6-4-3-5-7-17/h3-9,15,18H,10-14,16H2,1-2H3,(H,24,27). The zero-order chi connectivity index (χ0) is 20.6. The van der Waals surface area contributed by atoms with Crippen LogP contribution in [0.2, 0.25) is 0 Å². The second-order valence-corrected chi connectivity index (χ2v) is 7.27. The van der Waals surface area contributed by atoms with Crippen molar-refractivity contribution in [2.45, 2.75) is 19.3 Å². The maximum atomic E-state index is 12.5. The molecular weight excluding hydrogens is 368 g/mol. The third-order valence-corrected chi connectivity index (χ3v) is 5.36. The Morgan fingerprint density at radius 1 is 1.00 bits per heavy atom. The smallest absolute Gasteiger partial charge is 0.251 e. The third-order valence-electron chi connectivity index (χ3n) is 5.36. The number of nitrogens with zero attached hydrogens (tertiary/aromatic N) is 1. The molecule has 2 aromatic carbocycles. The van der Waals surface area contributed by atoms with E-state index in [2.05, 4.69) is 5.32 Å². The van der Waals surface area contributed by atoms with Crippen molar-refractivity contribution in [2.75, 3.05) is 33.9 Å². The van der Waals surface area contributed by atoms with Crippen LogP contribution in [0.1, 0.15) is 28.8 Å². The van der Waals surface area contributed by atoms with Gasteiger partial charge >= 0.3 is 0 Å². The molecule has 1 N–H and O–H groups in total. The van der Waals surface area contributed by atoms with Gasteiger partial charge in [0, 0.05) is 25.2 Å². The molecule has 6 heteroatoms. The van der Waals surface area contributed by atoms with E-state index in [-0.39, 0.29) is 11.8 Å². The summed E-state index contributed by atoms with van der Waals surface area (Å²) in [4.78, 5) is 26.9. The van der Waals surface area contributed by atoms with Gasteiger partial charge < -0.3 is 19.7 Å². The Balaban J connectivity index is 1.45. The Morgan fingerprint density at radius 2 is 1.69 bits per heavy atom. The summed E-state index contributed by atoms with van der Waals surface area (Å²) in [6.07, 6.45) is 2.24. The molecule has 0 aliphatic carbocycles. The van der Waals surface area contributed by atoms with Gasteiger partial charge in [0.1, 0.15) is 0 Å². The van der Waals surface area contributed by atoms with Crippen LogP contribution in [-0.4, -0.2) is 50.6 Å². The quantitative estimate of drug-likeness (QED) is 0.781. The zero-order valence-electron chi connectivity index (χ0n) is 17.0. The molecule has 154 valence electrons. The van der Waals surface area contributed by atoms with Crippen molar-refractivity contribution in [1.82, 2.24) is 10.2 Å². The zero-order valence-corrected chi connectivity index (χ0v) is 17.0. The fraction of sp³-hybridized carbons (Fsp3) is 0.391. The van der Waals surface area contributed by atoms with E-state index in [0.717, 1.165) is 31.5 Å². The average molecular weight is 396 g/mol. The first-order valence-corrected chi connectivity index (χ1v) is 9.92. The van der Waals surface area contributed by atoms with E-state index < -0.39 is 0 Å². The second kappa shape index (κ2) is 9.96. The second-order valence-electron chi connectivity index (χ2n) is 7.27. The molecule has 2 aromatic rings. The molecule has 0 bridgehead atoms. The summed E-state index contributed by atoms with van der Waals surface area (Å²) >= 11 is 0. The lowest BCUT2D eigenvalue weighted by Crippen LogP contribution is -2.42. The lowest BCUT2D eigenvalue weighted by molar-refractivity contribution is -0.131. The van der Waals surface area contributed by atoms with Crippen molar-refractivity contribution >= 4 is 11.8 Å². The molecule has 6 nitrogen and oxygen atoms in total. The molecule has 0 atom stereocenters. The maximum absolute atomic E-state index is 12.5. The highest BCUT2D eigenvalue weighted by Crippen LogP contribution is 2.27. The molecule has 1 saturated heterocycles. The Hall–Kier alpha value is -3.02. The number of hydrogen-bond donors (Lipinski definition) is 1. The first-order chi connectivity index (χ1) is 14.1. The van der Waals surface area contributed by atoms with Gasteiger partial charge in [-0.15, -0.1) is 0 Å². The number of likely N-dealkylation sites (tertiary alicyclic amines) is 1. The van der Waals surface area contributed by atoms with Crippen molar-refractivity contribution in [2.24, 2.45) is 5.92 Å². The fourth-order valence-corrected chi connectivity index (χ4v) is 3.59. The first kappa shape index (κ1) is 20.7. The van der Waals surface area contributed by atoms with Crippen LogP contribution < -0.4 is 14.8 Å². The summed E-state index contributed by atoms with van der Waals surface area (Å²) in [6, 6.07) is 15.0. The molecule has 1 heterocycles. The fourth-order valence-electron chi connectivity index (χ4n) is 3.59. The van der Waals surface area contributed by atoms with Gasteiger partial charge in [-0.25, -0.2) is 0 Å². The van der Waals surface area contributed by atoms with Crippen LogP contribution in [0.5, 0.6) is 11.5 Å². The van der Waals surface area contributed by atoms with Gasteiger partial charge in [-0.2, -0.15) is 0 Å². The molecule has 1 aliphatic heterocycles. The Morgan fingerprint density at radius 3 is 2.34 bits per heavy atom. The number of hydrogen-bond acceptors (Lipinski definition) is 4. The molecule has 0 aromatic heterocycles. The van der Waals surface area contributed by atoms with Gasteiger partial charge in [-0.05, 0) is 42.5 Å². The van der Waals surface area contributed by atoms with E-state index in [1.54, 1.807) is 32.4 Å². The number of ether oxygens (including phenoxy) is 2. The molecule has 0 radical (unpaired) electrons. The van der Waals surface area contributed by atoms with E-state index in [4.69, 9.17) is 9.47 Å². The van der Waals surface area contributed by atoms with Crippen molar-refractivity contribution in [3.63, 3.8) is 0 Å². The van der Waals surface area contributed by atoms with Gasteiger partial charge in [0.25, 0.3) is 5.91 Å². The normalized spacial score (nSPS) is 14.3. The van der Waals surface area contributed by atoms with Crippen LogP contribution in [0.15, 0.2) is 48.5 Å². The number of carbonyl (C=O) groups is 2. The van der Waals surface area contributed by atoms with Crippen LogP contribution in [0.4, 0.5) is 0 Å². The molecule has 0 unspecified atom stereocenters. The number of benzene rings is 2. The lowest BCUT2D eigenvalue weighted by atomic mass is 9.96. The van der Waals surface area contributed by atoms with E-state index in [9.17, 15) is 9.59 Å². The van der Waals surface area contributed by atoms with Crippen LogP contribution in [0.25, 0.3) is 0 Å². The molecule has 1 fully saturated rings. The molecule has 0 saturated carbocycles. The van der Waals surface area contributed by atoms with Crippen molar-refractivity contribution in [3.05, 3.63) is 59.7 Å². The summed E-state index contributed by atoms with van der Waals surface area (Å²) in [6.45, 7) is 2.08. The van der Waals surface area contributed by atoms with E-state index >= 15 is 0 Å². The van der Waals surface area contributed by atoms with Gasteiger partial charge in [-0.3, -0.25) is 9.59 Å². The number of amides is 2. The lowest BCUT2D eigenvalue weighted by Gasteiger charge is -2.32. The van der Waals surface area contributed by atoms with Crippen molar-refractivity contribution < 1.29 is 19.1 Å². The molecule has 0 spiro atoms. The minimum atomic E-state index is -0.131. The molecular formula is C23H28N2O4. The average Bonchev–Trinajstić information content (AvgIpc) is 2.78. The van der Waals surface area contributed by atoms with Gasteiger partial charge in [0.05, 0.1) is 20.6 Å². The summed E-state index contributed by atoms with van der Waals surface area (Å²) in [7, 11) is 3.11. The maximum Gasteiger partial charge on any atom is 0.251 e. The Labute approximate surface area is 171 Å². The topological polar surface area (TPSA) is 67.9 Å². The van der Waals surface area contributed by atoms with Gasteiger partial charge in [-0.1, -0.05) is 30.3 Å². The van der Waals surface area contributed by atoms with Crippen LogP contribution in [0, 0.1) is 5.92 Å². The largest absolute Gasteiger partial charge is 0.493 e. The van der Waals surface area contributed by atoms with Gasteiger partial charge in [0.15, 0.2) is 11.5 Å². The molecule has 29 heavy (non-hydrogen) atoms. The SMILES string of the molecule is COc1ccc(C(=O)NCC2CCN(C(=O)Cc3ccccc3)CC2)cc1OC. The highest BCUT2D eigenvalue weighted by Gasteiger charge is 2.23. The number of methoxy groups -OCH3 is 2. The van der Waals surface area contributed by atoms with Crippen molar-refractivity contribution in [1.29, 1.82) is 0 Å².